The first-order valence-electron chi connectivity index (χ1n) is 7.22. The van der Waals surface area contributed by atoms with Crippen LogP contribution in [0.5, 0.6) is 5.75 Å². The number of ether oxygens (including phenoxy) is 1. The molecule has 1 unspecified atom stereocenters. The summed E-state index contributed by atoms with van der Waals surface area (Å²) in [6, 6.07) is 11.9. The predicted molar refractivity (Wildman–Crippen MR) is 84.3 cm³/mol. The van der Waals surface area contributed by atoms with Gasteiger partial charge in [0.15, 0.2) is 6.10 Å². The third kappa shape index (κ3) is 4.32. The minimum atomic E-state index is -0.596. The first-order valence-corrected chi connectivity index (χ1v) is 7.22. The molecule has 0 saturated carbocycles. The first-order chi connectivity index (χ1) is 10.5. The average molecular weight is 301 g/mol. The lowest BCUT2D eigenvalue weighted by atomic mass is 10.1. The second-order valence-electron chi connectivity index (χ2n) is 5.37. The molecule has 0 heterocycles. The van der Waals surface area contributed by atoms with Crippen molar-refractivity contribution < 1.29 is 13.9 Å². The van der Waals surface area contributed by atoms with Gasteiger partial charge in [-0.3, -0.25) is 4.79 Å². The highest BCUT2D eigenvalue weighted by Crippen LogP contribution is 2.20. The number of nitrogens with one attached hydrogen (secondary N) is 1. The molecule has 0 aliphatic rings. The molecule has 0 radical (unpaired) electrons. The number of carbonyl (C=O) groups is 1. The van der Waals surface area contributed by atoms with Crippen molar-refractivity contribution in [3.05, 3.63) is 65.0 Å². The van der Waals surface area contributed by atoms with E-state index in [-0.39, 0.29) is 11.7 Å². The smallest absolute Gasteiger partial charge is 0.261 e. The summed E-state index contributed by atoms with van der Waals surface area (Å²) in [5, 5.41) is 2.79. The van der Waals surface area contributed by atoms with Crippen molar-refractivity contribution in [1.29, 1.82) is 0 Å². The summed E-state index contributed by atoms with van der Waals surface area (Å²) >= 11 is 0. The van der Waals surface area contributed by atoms with Gasteiger partial charge in [0.25, 0.3) is 5.91 Å². The maximum absolute atomic E-state index is 12.8. The number of amides is 1. The van der Waals surface area contributed by atoms with Crippen LogP contribution in [-0.2, 0) is 11.3 Å². The number of carbonyl (C=O) groups excluding carboxylic acids is 1. The molecule has 116 valence electrons. The predicted octanol–water partition coefficient (Wildman–Crippen LogP) is 3.53. The molecule has 1 amide bonds. The Bertz CT molecular complexity index is 653. The minimum absolute atomic E-state index is 0.203. The molecule has 1 atom stereocenters. The Morgan fingerprint density at radius 1 is 1.18 bits per heavy atom. The van der Waals surface area contributed by atoms with Crippen LogP contribution in [0.15, 0.2) is 42.5 Å². The summed E-state index contributed by atoms with van der Waals surface area (Å²) in [7, 11) is 0. The summed E-state index contributed by atoms with van der Waals surface area (Å²) in [4.78, 5) is 12.1. The summed E-state index contributed by atoms with van der Waals surface area (Å²) in [6.07, 6.45) is -0.596. The Labute approximate surface area is 130 Å². The lowest BCUT2D eigenvalue weighted by Gasteiger charge is -2.16. The van der Waals surface area contributed by atoms with E-state index in [1.165, 1.54) is 12.1 Å². The molecular formula is C18H20FNO2. The summed E-state index contributed by atoms with van der Waals surface area (Å²) in [5.41, 5.74) is 2.91. The summed E-state index contributed by atoms with van der Waals surface area (Å²) < 4.78 is 18.5. The normalized spacial score (nSPS) is 11.8. The summed E-state index contributed by atoms with van der Waals surface area (Å²) in [6.45, 7) is 5.98. The minimum Gasteiger partial charge on any atom is -0.481 e. The number of halogens is 1. The van der Waals surface area contributed by atoms with Crippen molar-refractivity contribution in [1.82, 2.24) is 5.32 Å². The zero-order valence-corrected chi connectivity index (χ0v) is 13.0. The monoisotopic (exact) mass is 301 g/mol. The van der Waals surface area contributed by atoms with Crippen molar-refractivity contribution in [3.8, 4) is 5.75 Å². The Hall–Kier alpha value is -2.36. The van der Waals surface area contributed by atoms with Crippen LogP contribution < -0.4 is 10.1 Å². The van der Waals surface area contributed by atoms with Gasteiger partial charge in [0.2, 0.25) is 0 Å². The number of aryl methyl sites for hydroxylation is 2. The van der Waals surface area contributed by atoms with Gasteiger partial charge in [0.1, 0.15) is 11.6 Å². The van der Waals surface area contributed by atoms with Crippen LogP contribution in [0.3, 0.4) is 0 Å². The Balaban J connectivity index is 1.91. The van der Waals surface area contributed by atoms with E-state index < -0.39 is 6.10 Å². The molecule has 0 fully saturated rings. The maximum atomic E-state index is 12.8. The largest absolute Gasteiger partial charge is 0.481 e. The molecule has 22 heavy (non-hydrogen) atoms. The van der Waals surface area contributed by atoms with Gasteiger partial charge >= 0.3 is 0 Å². The lowest BCUT2D eigenvalue weighted by molar-refractivity contribution is -0.127. The van der Waals surface area contributed by atoms with E-state index in [0.717, 1.165) is 16.7 Å². The number of hydrogen-bond acceptors (Lipinski definition) is 2. The Kier molecular flexibility index (Phi) is 5.15. The van der Waals surface area contributed by atoms with E-state index in [2.05, 4.69) is 5.32 Å². The van der Waals surface area contributed by atoms with E-state index in [1.807, 2.05) is 32.0 Å². The molecule has 0 spiro atoms. The van der Waals surface area contributed by atoms with Crippen LogP contribution in [0, 0.1) is 19.7 Å². The van der Waals surface area contributed by atoms with Gasteiger partial charge < -0.3 is 10.1 Å². The molecule has 2 aromatic rings. The molecule has 1 N–H and O–H groups in total. The van der Waals surface area contributed by atoms with Gasteiger partial charge in [-0.2, -0.15) is 0 Å². The summed E-state index contributed by atoms with van der Waals surface area (Å²) in [5.74, 6) is 0.219. The van der Waals surface area contributed by atoms with Gasteiger partial charge in [0.05, 0.1) is 0 Å². The fourth-order valence-electron chi connectivity index (χ4n) is 2.01. The van der Waals surface area contributed by atoms with Crippen molar-refractivity contribution in [2.24, 2.45) is 0 Å². The average Bonchev–Trinajstić information content (AvgIpc) is 2.50. The van der Waals surface area contributed by atoms with E-state index in [4.69, 9.17) is 4.74 Å². The van der Waals surface area contributed by atoms with Gasteiger partial charge in [-0.05, 0) is 55.7 Å². The van der Waals surface area contributed by atoms with E-state index >= 15 is 0 Å². The van der Waals surface area contributed by atoms with Crippen LogP contribution in [-0.4, -0.2) is 12.0 Å². The van der Waals surface area contributed by atoms with Crippen LogP contribution in [0.1, 0.15) is 23.6 Å². The topological polar surface area (TPSA) is 38.3 Å². The molecule has 3 nitrogen and oxygen atoms in total. The Morgan fingerprint density at radius 2 is 1.86 bits per heavy atom. The van der Waals surface area contributed by atoms with E-state index in [9.17, 15) is 9.18 Å². The molecule has 2 rings (SSSR count). The number of benzene rings is 2. The van der Waals surface area contributed by atoms with Crippen LogP contribution in [0.25, 0.3) is 0 Å². The van der Waals surface area contributed by atoms with E-state index in [1.54, 1.807) is 19.1 Å². The molecule has 0 aromatic heterocycles. The lowest BCUT2D eigenvalue weighted by Crippen LogP contribution is -2.36. The second-order valence-corrected chi connectivity index (χ2v) is 5.37. The van der Waals surface area contributed by atoms with Gasteiger partial charge in [-0.1, -0.05) is 24.3 Å². The molecule has 0 bridgehead atoms. The SMILES string of the molecule is Cc1ccc(C)c(OC(C)C(=O)NCc2ccc(F)cc2)c1. The zero-order valence-electron chi connectivity index (χ0n) is 13.0. The van der Waals surface area contributed by atoms with Crippen LogP contribution in [0.2, 0.25) is 0 Å². The zero-order chi connectivity index (χ0) is 16.1. The molecule has 4 heteroatoms. The van der Waals surface area contributed by atoms with Gasteiger partial charge in [-0.25, -0.2) is 4.39 Å². The van der Waals surface area contributed by atoms with Crippen molar-refractivity contribution in [2.75, 3.05) is 0 Å². The van der Waals surface area contributed by atoms with Crippen molar-refractivity contribution in [3.63, 3.8) is 0 Å². The van der Waals surface area contributed by atoms with Gasteiger partial charge in [-0.15, -0.1) is 0 Å². The Morgan fingerprint density at radius 3 is 2.55 bits per heavy atom. The first kappa shape index (κ1) is 16.0. The van der Waals surface area contributed by atoms with Crippen molar-refractivity contribution >= 4 is 5.91 Å². The molecule has 0 aliphatic heterocycles. The van der Waals surface area contributed by atoms with E-state index in [0.29, 0.717) is 12.3 Å². The number of hydrogen-bond donors (Lipinski definition) is 1. The highest BCUT2D eigenvalue weighted by atomic mass is 19.1. The fraction of sp³-hybridized carbons (Fsp3) is 0.278. The molecule has 0 saturated heterocycles. The standard InChI is InChI=1S/C18H20FNO2/c1-12-4-5-13(2)17(10-12)22-14(3)18(21)20-11-15-6-8-16(19)9-7-15/h4-10,14H,11H2,1-3H3,(H,20,21). The fourth-order valence-corrected chi connectivity index (χ4v) is 2.01. The molecule has 2 aromatic carbocycles. The third-order valence-corrected chi connectivity index (χ3v) is 3.40. The quantitative estimate of drug-likeness (QED) is 0.917. The van der Waals surface area contributed by atoms with Crippen LogP contribution >= 0.6 is 0 Å². The highest BCUT2D eigenvalue weighted by Gasteiger charge is 2.15. The highest BCUT2D eigenvalue weighted by molar-refractivity contribution is 5.80. The van der Waals surface area contributed by atoms with Crippen molar-refractivity contribution in [2.45, 2.75) is 33.4 Å². The van der Waals surface area contributed by atoms with Crippen LogP contribution in [0.4, 0.5) is 4.39 Å². The molecule has 0 aliphatic carbocycles. The van der Waals surface area contributed by atoms with Gasteiger partial charge in [0, 0.05) is 6.54 Å². The third-order valence-electron chi connectivity index (χ3n) is 3.40. The number of rotatable bonds is 5. The maximum Gasteiger partial charge on any atom is 0.261 e. The second kappa shape index (κ2) is 7.07. The molecular weight excluding hydrogens is 281 g/mol.